The lowest BCUT2D eigenvalue weighted by atomic mass is 9.97. The van der Waals surface area contributed by atoms with Gasteiger partial charge in [0.05, 0.1) is 31.3 Å². The van der Waals surface area contributed by atoms with E-state index in [-0.39, 0.29) is 18.5 Å². The second-order valence-corrected chi connectivity index (χ2v) is 8.19. The van der Waals surface area contributed by atoms with Crippen molar-refractivity contribution >= 4 is 11.9 Å². The van der Waals surface area contributed by atoms with Crippen molar-refractivity contribution in [1.29, 1.82) is 0 Å². The first kappa shape index (κ1) is 23.4. The number of methoxy groups -OCH3 is 1. The zero-order chi connectivity index (χ0) is 22.1. The molecule has 0 radical (unpaired) electrons. The number of nitrogens with one attached hydrogen (secondary N) is 1. The third kappa shape index (κ3) is 6.88. The van der Waals surface area contributed by atoms with Gasteiger partial charge in [0, 0.05) is 5.56 Å². The van der Waals surface area contributed by atoms with Crippen LogP contribution >= 0.6 is 0 Å². The highest BCUT2D eigenvalue weighted by atomic mass is 16.5. The maximum Gasteiger partial charge on any atom is 0.311 e. The van der Waals surface area contributed by atoms with E-state index in [2.05, 4.69) is 5.32 Å². The summed E-state index contributed by atoms with van der Waals surface area (Å²) in [7, 11) is 1.57. The summed E-state index contributed by atoms with van der Waals surface area (Å²) < 4.78 is 10.4. The van der Waals surface area contributed by atoms with E-state index in [1.54, 1.807) is 52.1 Å². The van der Waals surface area contributed by atoms with E-state index in [9.17, 15) is 14.7 Å². The van der Waals surface area contributed by atoms with Gasteiger partial charge in [-0.25, -0.2) is 0 Å². The van der Waals surface area contributed by atoms with Gasteiger partial charge in [-0.05, 0) is 63.4 Å². The van der Waals surface area contributed by atoms with Crippen molar-refractivity contribution in [2.45, 2.75) is 45.8 Å². The first-order valence-electron chi connectivity index (χ1n) is 10.1. The Hall–Kier alpha value is -2.86. The van der Waals surface area contributed by atoms with Gasteiger partial charge in [-0.3, -0.25) is 9.59 Å². The highest BCUT2D eigenvalue weighted by Gasteiger charge is 2.25. The molecule has 0 aliphatic carbocycles. The van der Waals surface area contributed by atoms with Gasteiger partial charge in [-0.2, -0.15) is 0 Å². The second-order valence-electron chi connectivity index (χ2n) is 8.19. The molecule has 0 heterocycles. The number of hydrogen-bond acceptors (Lipinski definition) is 5. The molecule has 2 rings (SSSR count). The Kier molecular flexibility index (Phi) is 8.42. The fourth-order valence-electron chi connectivity index (χ4n) is 2.87. The standard InChI is InChI=1S/C24H31NO5/c1-24(2,3)23(28)30-16-8-11-20(26)21(17-9-6-5-7-10-17)25-22(27)18-12-14-19(29-4)15-13-18/h5-7,9-10,12-15,20-21,26H,8,11,16H2,1-4H3,(H,25,27)/t20-,21+/m1/s1. The van der Waals surface area contributed by atoms with Crippen LogP contribution in [0.3, 0.4) is 0 Å². The van der Waals surface area contributed by atoms with Gasteiger partial charge in [0.2, 0.25) is 0 Å². The normalized spacial score (nSPS) is 13.2. The van der Waals surface area contributed by atoms with Crippen molar-refractivity contribution in [3.8, 4) is 5.75 Å². The Labute approximate surface area is 178 Å². The molecule has 0 saturated carbocycles. The molecule has 0 spiro atoms. The lowest BCUT2D eigenvalue weighted by Gasteiger charge is -2.25. The van der Waals surface area contributed by atoms with Gasteiger partial charge in [-0.1, -0.05) is 30.3 Å². The molecule has 2 N–H and O–H groups in total. The van der Waals surface area contributed by atoms with Gasteiger partial charge in [-0.15, -0.1) is 0 Å². The maximum absolute atomic E-state index is 12.7. The predicted molar refractivity (Wildman–Crippen MR) is 115 cm³/mol. The second kappa shape index (κ2) is 10.8. The summed E-state index contributed by atoms with van der Waals surface area (Å²) in [6, 6.07) is 15.5. The number of carbonyl (C=O) groups excluding carboxylic acids is 2. The Balaban J connectivity index is 2.02. The quantitative estimate of drug-likeness (QED) is 0.481. The van der Waals surface area contributed by atoms with Crippen LogP contribution in [0.4, 0.5) is 0 Å². The Morgan fingerprint density at radius 3 is 2.23 bits per heavy atom. The third-order valence-corrected chi connectivity index (χ3v) is 4.67. The number of aliphatic hydroxyl groups excluding tert-OH is 1. The smallest absolute Gasteiger partial charge is 0.311 e. The zero-order valence-corrected chi connectivity index (χ0v) is 18.1. The van der Waals surface area contributed by atoms with Crippen molar-refractivity contribution in [1.82, 2.24) is 5.32 Å². The van der Waals surface area contributed by atoms with Gasteiger partial charge in [0.25, 0.3) is 5.91 Å². The summed E-state index contributed by atoms with van der Waals surface area (Å²) in [6.45, 7) is 5.61. The van der Waals surface area contributed by atoms with Crippen molar-refractivity contribution in [3.05, 3.63) is 65.7 Å². The molecule has 0 aromatic heterocycles. The van der Waals surface area contributed by atoms with E-state index < -0.39 is 17.6 Å². The first-order valence-corrected chi connectivity index (χ1v) is 10.1. The highest BCUT2D eigenvalue weighted by Crippen LogP contribution is 2.22. The van der Waals surface area contributed by atoms with Crippen LogP contribution in [0.2, 0.25) is 0 Å². The average Bonchev–Trinajstić information content (AvgIpc) is 2.74. The molecule has 0 saturated heterocycles. The van der Waals surface area contributed by atoms with Crippen molar-refractivity contribution < 1.29 is 24.2 Å². The molecule has 2 atom stereocenters. The SMILES string of the molecule is COc1ccc(C(=O)N[C@@H](c2ccccc2)[C@H](O)CCCOC(=O)C(C)(C)C)cc1. The first-order chi connectivity index (χ1) is 14.2. The van der Waals surface area contributed by atoms with Gasteiger partial charge in [0.1, 0.15) is 5.75 Å². The van der Waals surface area contributed by atoms with Crippen LogP contribution in [-0.2, 0) is 9.53 Å². The van der Waals surface area contributed by atoms with Gasteiger partial charge in [0.15, 0.2) is 0 Å². The largest absolute Gasteiger partial charge is 0.497 e. The lowest BCUT2D eigenvalue weighted by Crippen LogP contribution is -2.36. The monoisotopic (exact) mass is 413 g/mol. The fourth-order valence-corrected chi connectivity index (χ4v) is 2.87. The Bertz CT molecular complexity index is 812. The Morgan fingerprint density at radius 1 is 1.03 bits per heavy atom. The summed E-state index contributed by atoms with van der Waals surface area (Å²) in [5.74, 6) is 0.102. The predicted octanol–water partition coefficient (Wildman–Crippen LogP) is 3.90. The summed E-state index contributed by atoms with van der Waals surface area (Å²) in [5.41, 5.74) is 0.721. The van der Waals surface area contributed by atoms with Crippen LogP contribution < -0.4 is 10.1 Å². The van der Waals surface area contributed by atoms with E-state index in [0.717, 1.165) is 5.56 Å². The molecule has 162 valence electrons. The summed E-state index contributed by atoms with van der Waals surface area (Å²) >= 11 is 0. The Morgan fingerprint density at radius 2 is 1.67 bits per heavy atom. The number of amides is 1. The maximum atomic E-state index is 12.7. The number of ether oxygens (including phenoxy) is 2. The number of esters is 1. The number of rotatable bonds is 9. The molecule has 0 unspecified atom stereocenters. The lowest BCUT2D eigenvalue weighted by molar-refractivity contribution is -0.153. The van der Waals surface area contributed by atoms with Crippen LogP contribution in [0, 0.1) is 5.41 Å². The summed E-state index contributed by atoms with van der Waals surface area (Å²) in [5, 5.41) is 13.7. The van der Waals surface area contributed by atoms with Crippen molar-refractivity contribution in [2.75, 3.05) is 13.7 Å². The van der Waals surface area contributed by atoms with E-state index >= 15 is 0 Å². The molecule has 2 aromatic rings. The minimum Gasteiger partial charge on any atom is -0.497 e. The van der Waals surface area contributed by atoms with Crippen LogP contribution in [-0.4, -0.2) is 36.8 Å². The molecule has 6 heteroatoms. The average molecular weight is 414 g/mol. The van der Waals surface area contributed by atoms with Crippen LogP contribution in [0.15, 0.2) is 54.6 Å². The molecular formula is C24H31NO5. The molecule has 0 aliphatic rings. The summed E-state index contributed by atoms with van der Waals surface area (Å²) in [6.07, 6.45) is 0.0351. The molecular weight excluding hydrogens is 382 g/mol. The van der Waals surface area contributed by atoms with E-state index in [1.807, 2.05) is 30.3 Å². The molecule has 6 nitrogen and oxygen atoms in total. The molecule has 2 aromatic carbocycles. The third-order valence-electron chi connectivity index (χ3n) is 4.67. The fraction of sp³-hybridized carbons (Fsp3) is 0.417. The van der Waals surface area contributed by atoms with E-state index in [1.165, 1.54) is 0 Å². The van der Waals surface area contributed by atoms with Crippen LogP contribution in [0.1, 0.15) is 55.6 Å². The van der Waals surface area contributed by atoms with Crippen LogP contribution in [0.5, 0.6) is 5.75 Å². The minimum absolute atomic E-state index is 0.223. The van der Waals surface area contributed by atoms with Crippen molar-refractivity contribution in [2.24, 2.45) is 5.41 Å². The topological polar surface area (TPSA) is 84.9 Å². The highest BCUT2D eigenvalue weighted by molar-refractivity contribution is 5.94. The molecule has 30 heavy (non-hydrogen) atoms. The number of aliphatic hydroxyl groups is 1. The molecule has 0 bridgehead atoms. The van der Waals surface area contributed by atoms with Crippen molar-refractivity contribution in [3.63, 3.8) is 0 Å². The van der Waals surface area contributed by atoms with E-state index in [0.29, 0.717) is 24.2 Å². The van der Waals surface area contributed by atoms with E-state index in [4.69, 9.17) is 9.47 Å². The summed E-state index contributed by atoms with van der Waals surface area (Å²) in [4.78, 5) is 24.6. The van der Waals surface area contributed by atoms with Crippen LogP contribution in [0.25, 0.3) is 0 Å². The number of benzene rings is 2. The molecule has 0 fully saturated rings. The van der Waals surface area contributed by atoms with Gasteiger partial charge >= 0.3 is 5.97 Å². The van der Waals surface area contributed by atoms with Gasteiger partial charge < -0.3 is 19.9 Å². The molecule has 0 aliphatic heterocycles. The molecule has 1 amide bonds. The number of hydrogen-bond donors (Lipinski definition) is 2. The zero-order valence-electron chi connectivity index (χ0n) is 18.1. The minimum atomic E-state index is -0.831. The number of carbonyl (C=O) groups is 2.